The van der Waals surface area contributed by atoms with Crippen molar-refractivity contribution in [3.63, 3.8) is 0 Å². The van der Waals surface area contributed by atoms with E-state index < -0.39 is 11.4 Å². The van der Waals surface area contributed by atoms with Crippen LogP contribution in [0.3, 0.4) is 0 Å². The van der Waals surface area contributed by atoms with E-state index >= 15 is 0 Å². The van der Waals surface area contributed by atoms with E-state index in [1.54, 1.807) is 0 Å². The Balaban J connectivity index is 1.36. The first-order chi connectivity index (χ1) is 13.6. The van der Waals surface area contributed by atoms with Gasteiger partial charge in [-0.15, -0.1) is 0 Å². The smallest absolute Gasteiger partial charge is 0.312 e. The number of likely N-dealkylation sites (tertiary alicyclic amines) is 2. The Morgan fingerprint density at radius 3 is 2.75 bits per heavy atom. The van der Waals surface area contributed by atoms with E-state index in [1.165, 1.54) is 0 Å². The van der Waals surface area contributed by atoms with E-state index in [1.807, 2.05) is 25.2 Å². The van der Waals surface area contributed by atoms with Crippen molar-refractivity contribution >= 4 is 5.97 Å². The van der Waals surface area contributed by atoms with Crippen LogP contribution < -0.4 is 4.74 Å². The molecule has 0 bridgehead atoms. The fourth-order valence-electron chi connectivity index (χ4n) is 4.97. The lowest BCUT2D eigenvalue weighted by atomic mass is 9.81. The van der Waals surface area contributed by atoms with Crippen LogP contribution in [0.4, 0.5) is 0 Å². The second kappa shape index (κ2) is 8.37. The fourth-order valence-corrected chi connectivity index (χ4v) is 4.97. The number of morpholine rings is 1. The first kappa shape index (κ1) is 19.6. The molecule has 3 aliphatic rings. The van der Waals surface area contributed by atoms with Gasteiger partial charge in [-0.05, 0) is 13.1 Å². The molecule has 2 unspecified atom stereocenters. The molecule has 0 spiro atoms. The van der Waals surface area contributed by atoms with Gasteiger partial charge in [0.1, 0.15) is 12.4 Å². The van der Waals surface area contributed by atoms with Gasteiger partial charge in [-0.1, -0.05) is 18.2 Å². The van der Waals surface area contributed by atoms with Gasteiger partial charge in [0.05, 0.1) is 18.6 Å². The second-order valence-electron chi connectivity index (χ2n) is 8.43. The van der Waals surface area contributed by atoms with Crippen LogP contribution in [-0.4, -0.2) is 98.5 Å². The Kier molecular flexibility index (Phi) is 5.87. The predicted molar refractivity (Wildman–Crippen MR) is 106 cm³/mol. The number of para-hydroxylation sites is 1. The van der Waals surface area contributed by atoms with E-state index in [0.717, 1.165) is 63.8 Å². The zero-order valence-corrected chi connectivity index (χ0v) is 16.7. The Morgan fingerprint density at radius 2 is 2.00 bits per heavy atom. The zero-order valence-electron chi connectivity index (χ0n) is 16.7. The number of hydrogen-bond acceptors (Lipinski definition) is 6. The lowest BCUT2D eigenvalue weighted by molar-refractivity contribution is -0.148. The highest BCUT2D eigenvalue weighted by Gasteiger charge is 2.56. The topological polar surface area (TPSA) is 65.5 Å². The summed E-state index contributed by atoms with van der Waals surface area (Å²) in [7, 11) is 2.02. The Morgan fingerprint density at radius 1 is 1.21 bits per heavy atom. The Hall–Kier alpha value is -1.67. The van der Waals surface area contributed by atoms with Gasteiger partial charge in [-0.2, -0.15) is 0 Å². The molecule has 3 aliphatic heterocycles. The summed E-state index contributed by atoms with van der Waals surface area (Å²) in [6.07, 6.45) is 0. The van der Waals surface area contributed by atoms with E-state index in [0.29, 0.717) is 19.7 Å². The minimum Gasteiger partial charge on any atom is -0.492 e. The fraction of sp³-hybridized carbons (Fsp3) is 0.667. The molecule has 2 atom stereocenters. The number of benzene rings is 1. The SMILES string of the molecule is CN1CC2CN(Cc3ccccc3OCCN3CCOCC3)CC2(C(=O)O)C1. The third kappa shape index (κ3) is 4.03. The van der Waals surface area contributed by atoms with Crippen LogP contribution in [0.1, 0.15) is 5.56 Å². The molecule has 3 saturated heterocycles. The number of carbonyl (C=O) groups is 1. The Bertz CT molecular complexity index is 694. The van der Waals surface area contributed by atoms with Gasteiger partial charge < -0.3 is 19.5 Å². The average Bonchev–Trinajstić information content (AvgIpc) is 3.17. The maximum atomic E-state index is 12.0. The van der Waals surface area contributed by atoms with Crippen molar-refractivity contribution in [3.8, 4) is 5.75 Å². The molecule has 7 heteroatoms. The molecule has 28 heavy (non-hydrogen) atoms. The van der Waals surface area contributed by atoms with Crippen LogP contribution in [0.5, 0.6) is 5.75 Å². The minimum absolute atomic E-state index is 0.199. The van der Waals surface area contributed by atoms with Crippen LogP contribution in [0.15, 0.2) is 24.3 Å². The van der Waals surface area contributed by atoms with E-state index in [-0.39, 0.29) is 5.92 Å². The highest BCUT2D eigenvalue weighted by atomic mass is 16.5. The summed E-state index contributed by atoms with van der Waals surface area (Å²) >= 11 is 0. The minimum atomic E-state index is -0.653. The molecule has 1 aromatic carbocycles. The standard InChI is InChI=1S/C21H31N3O4/c1-22-13-18-14-24(16-21(18,15-22)20(25)26)12-17-4-2-3-5-19(17)28-11-8-23-6-9-27-10-7-23/h2-5,18H,6-16H2,1H3,(H,25,26). The third-order valence-corrected chi connectivity index (χ3v) is 6.41. The number of hydrogen-bond donors (Lipinski definition) is 1. The van der Waals surface area contributed by atoms with E-state index in [2.05, 4.69) is 20.8 Å². The molecule has 4 rings (SSSR count). The zero-order chi connectivity index (χ0) is 19.6. The van der Waals surface area contributed by atoms with Crippen LogP contribution in [0.2, 0.25) is 0 Å². The molecular weight excluding hydrogens is 358 g/mol. The predicted octanol–water partition coefficient (Wildman–Crippen LogP) is 0.846. The summed E-state index contributed by atoms with van der Waals surface area (Å²) in [5, 5.41) is 9.88. The molecule has 0 radical (unpaired) electrons. The number of carboxylic acid groups (broad SMARTS) is 1. The largest absolute Gasteiger partial charge is 0.492 e. The highest BCUT2D eigenvalue weighted by molar-refractivity contribution is 5.77. The number of nitrogens with zero attached hydrogens (tertiary/aromatic N) is 3. The van der Waals surface area contributed by atoms with Gasteiger partial charge in [0, 0.05) is 63.8 Å². The number of ether oxygens (including phenoxy) is 2. The quantitative estimate of drug-likeness (QED) is 0.742. The molecule has 7 nitrogen and oxygen atoms in total. The molecule has 0 aromatic heterocycles. The van der Waals surface area contributed by atoms with Crippen molar-refractivity contribution < 1.29 is 19.4 Å². The normalized spacial score (nSPS) is 29.1. The molecule has 3 heterocycles. The van der Waals surface area contributed by atoms with Crippen molar-refractivity contribution in [1.29, 1.82) is 0 Å². The summed E-state index contributed by atoms with van der Waals surface area (Å²) < 4.78 is 11.5. The maximum Gasteiger partial charge on any atom is 0.312 e. The third-order valence-electron chi connectivity index (χ3n) is 6.41. The van der Waals surface area contributed by atoms with Gasteiger partial charge in [-0.25, -0.2) is 0 Å². The number of rotatable bonds is 7. The summed E-state index contributed by atoms with van der Waals surface area (Å²) in [5.41, 5.74) is 0.513. The van der Waals surface area contributed by atoms with Crippen molar-refractivity contribution in [2.75, 3.05) is 72.7 Å². The summed E-state index contributed by atoms with van der Waals surface area (Å²) in [4.78, 5) is 18.8. The Labute approximate surface area is 166 Å². The molecule has 1 N–H and O–H groups in total. The van der Waals surface area contributed by atoms with Gasteiger partial charge in [0.15, 0.2) is 0 Å². The lowest BCUT2D eigenvalue weighted by Crippen LogP contribution is -2.40. The van der Waals surface area contributed by atoms with Gasteiger partial charge >= 0.3 is 5.97 Å². The molecule has 1 aromatic rings. The van der Waals surface area contributed by atoms with E-state index in [9.17, 15) is 9.90 Å². The van der Waals surface area contributed by atoms with Crippen LogP contribution in [0.25, 0.3) is 0 Å². The van der Waals surface area contributed by atoms with E-state index in [4.69, 9.17) is 9.47 Å². The van der Waals surface area contributed by atoms with Crippen LogP contribution in [-0.2, 0) is 16.1 Å². The monoisotopic (exact) mass is 389 g/mol. The number of carboxylic acids is 1. The number of aliphatic carboxylic acids is 1. The van der Waals surface area contributed by atoms with Crippen LogP contribution >= 0.6 is 0 Å². The molecule has 0 aliphatic carbocycles. The average molecular weight is 389 g/mol. The van der Waals surface area contributed by atoms with Crippen molar-refractivity contribution in [1.82, 2.24) is 14.7 Å². The summed E-state index contributed by atoms with van der Waals surface area (Å²) in [6.45, 7) is 8.77. The molecule has 3 fully saturated rings. The maximum absolute atomic E-state index is 12.0. The molecule has 0 saturated carbocycles. The molecular formula is C21H31N3O4. The van der Waals surface area contributed by atoms with Gasteiger partial charge in [0.2, 0.25) is 0 Å². The first-order valence-corrected chi connectivity index (χ1v) is 10.2. The molecule has 0 amide bonds. The van der Waals surface area contributed by atoms with Gasteiger partial charge in [0.25, 0.3) is 0 Å². The lowest BCUT2D eigenvalue weighted by Gasteiger charge is -2.27. The highest BCUT2D eigenvalue weighted by Crippen LogP contribution is 2.43. The summed E-state index contributed by atoms with van der Waals surface area (Å²) in [6, 6.07) is 8.14. The molecule has 154 valence electrons. The first-order valence-electron chi connectivity index (χ1n) is 10.2. The van der Waals surface area contributed by atoms with Gasteiger partial charge in [-0.3, -0.25) is 14.6 Å². The van der Waals surface area contributed by atoms with Crippen LogP contribution in [0, 0.1) is 11.3 Å². The van der Waals surface area contributed by atoms with Crippen molar-refractivity contribution in [2.45, 2.75) is 6.54 Å². The summed E-state index contributed by atoms with van der Waals surface area (Å²) in [5.74, 6) is 0.457. The second-order valence-corrected chi connectivity index (χ2v) is 8.43. The number of fused-ring (bicyclic) bond motifs is 1. The van der Waals surface area contributed by atoms with Crippen molar-refractivity contribution in [2.24, 2.45) is 11.3 Å². The van der Waals surface area contributed by atoms with Crippen molar-refractivity contribution in [3.05, 3.63) is 29.8 Å².